The Labute approximate surface area is 220 Å². The lowest BCUT2D eigenvalue weighted by atomic mass is 10.4. The minimum atomic E-state index is -1.35. The van der Waals surface area contributed by atoms with E-state index in [0.29, 0.717) is 0 Å². The molecule has 0 aliphatic rings. The second kappa shape index (κ2) is 15.5. The van der Waals surface area contributed by atoms with E-state index in [1.54, 1.807) is 37.2 Å². The van der Waals surface area contributed by atoms with Gasteiger partial charge in [0, 0.05) is 0 Å². The molecule has 0 saturated carbocycles. The molecule has 18 nitrogen and oxygen atoms in total. The Hall–Kier alpha value is -5.55. The number of aromatic nitrogens is 3. The molecule has 0 spiro atoms. The molecule has 0 atom stereocenters. The van der Waals surface area contributed by atoms with Gasteiger partial charge in [-0.05, 0) is 40.5 Å². The summed E-state index contributed by atoms with van der Waals surface area (Å²) in [5, 5.41) is 0. The second-order valence-corrected chi connectivity index (χ2v) is 6.34. The molecule has 0 radical (unpaired) electrons. The first kappa shape index (κ1) is 31.5. The summed E-state index contributed by atoms with van der Waals surface area (Å²) in [6, 6.07) is 0. The van der Waals surface area contributed by atoms with Crippen LogP contribution in [0.2, 0.25) is 0 Å². The number of nitrogens with one attached hydrogen (secondary N) is 3. The highest BCUT2D eigenvalue weighted by molar-refractivity contribution is 5.98. The molecule has 0 unspecified atom stereocenters. The number of hydroxylamine groups is 3. The van der Waals surface area contributed by atoms with Crippen LogP contribution in [0.5, 0.6) is 0 Å². The average molecular weight is 552 g/mol. The van der Waals surface area contributed by atoms with Gasteiger partial charge in [0.15, 0.2) is 17.3 Å². The number of carbonyl (C=O) groups is 6. The molecule has 3 N–H and O–H groups in total. The maximum atomic E-state index is 12.4. The molecule has 1 aromatic rings. The van der Waals surface area contributed by atoms with Crippen molar-refractivity contribution in [2.24, 2.45) is 0 Å². The summed E-state index contributed by atoms with van der Waals surface area (Å²) in [7, 11) is 0. The summed E-state index contributed by atoms with van der Waals surface area (Å²) in [4.78, 5) is 96.5. The van der Waals surface area contributed by atoms with Crippen molar-refractivity contribution in [3.05, 3.63) is 54.5 Å². The van der Waals surface area contributed by atoms with Gasteiger partial charge in [-0.1, -0.05) is 0 Å². The van der Waals surface area contributed by atoms with Crippen LogP contribution in [-0.2, 0) is 43.1 Å². The predicted octanol–water partition coefficient (Wildman–Crippen LogP) is -0.914. The Morgan fingerprint density at radius 2 is 0.769 bits per heavy atom. The van der Waals surface area contributed by atoms with Crippen LogP contribution in [-0.4, -0.2) is 70.4 Å². The van der Waals surface area contributed by atoms with E-state index in [2.05, 4.69) is 49.2 Å². The van der Waals surface area contributed by atoms with Crippen LogP contribution in [0.25, 0.3) is 0 Å². The summed E-state index contributed by atoms with van der Waals surface area (Å²) in [5.74, 6) is -11.7. The molecular weight excluding hydrogens is 528 g/mol. The third-order valence-electron chi connectivity index (χ3n) is 3.59. The first-order valence-electron chi connectivity index (χ1n) is 10.7. The topological polar surface area (TPSA) is 233 Å². The van der Waals surface area contributed by atoms with Gasteiger partial charge in [0.05, 0.1) is 19.8 Å². The van der Waals surface area contributed by atoms with Crippen molar-refractivity contribution >= 4 is 35.6 Å². The van der Waals surface area contributed by atoms with Crippen molar-refractivity contribution in [2.45, 2.75) is 20.8 Å². The molecule has 0 fully saturated rings. The fourth-order valence-electron chi connectivity index (χ4n) is 1.97. The molecule has 0 aliphatic heterocycles. The molecule has 3 amide bonds. The lowest BCUT2D eigenvalue weighted by Gasteiger charge is -2.10. The van der Waals surface area contributed by atoms with Crippen LogP contribution in [0.3, 0.4) is 0 Å². The SMILES string of the molecule is C=C(OCC)C(=O)ONC(=O)c1nc(C(=O)NOC(=O)C(=C)OCC)nc(C(=O)NOC(=O)C(=C)OCC)n1. The van der Waals surface area contributed by atoms with Gasteiger partial charge in [0.2, 0.25) is 17.5 Å². The lowest BCUT2D eigenvalue weighted by molar-refractivity contribution is -0.148. The number of hydrogen-bond donors (Lipinski definition) is 3. The number of nitrogens with zero attached hydrogens (tertiary/aromatic N) is 3. The van der Waals surface area contributed by atoms with Crippen LogP contribution in [0.4, 0.5) is 0 Å². The minimum Gasteiger partial charge on any atom is -0.487 e. The van der Waals surface area contributed by atoms with Crippen molar-refractivity contribution in [2.75, 3.05) is 19.8 Å². The number of hydrogen-bond acceptors (Lipinski definition) is 15. The molecule has 0 saturated heterocycles. The van der Waals surface area contributed by atoms with Crippen molar-refractivity contribution in [1.29, 1.82) is 0 Å². The zero-order valence-corrected chi connectivity index (χ0v) is 21.0. The molecule has 0 bridgehead atoms. The van der Waals surface area contributed by atoms with E-state index in [1.807, 2.05) is 0 Å². The third kappa shape index (κ3) is 10.1. The fraction of sp³-hybridized carbons (Fsp3) is 0.286. The van der Waals surface area contributed by atoms with Crippen molar-refractivity contribution in [3.8, 4) is 0 Å². The highest BCUT2D eigenvalue weighted by atomic mass is 16.7. The highest BCUT2D eigenvalue weighted by Crippen LogP contribution is 2.02. The summed E-state index contributed by atoms with van der Waals surface area (Å²) < 4.78 is 14.5. The predicted molar refractivity (Wildman–Crippen MR) is 123 cm³/mol. The van der Waals surface area contributed by atoms with Crippen LogP contribution in [0.1, 0.15) is 52.6 Å². The number of amides is 3. The van der Waals surface area contributed by atoms with E-state index in [4.69, 9.17) is 14.2 Å². The van der Waals surface area contributed by atoms with Gasteiger partial charge in [-0.25, -0.2) is 14.4 Å². The largest absolute Gasteiger partial charge is 0.487 e. The van der Waals surface area contributed by atoms with E-state index < -0.39 is 70.4 Å². The normalized spacial score (nSPS) is 9.62. The summed E-state index contributed by atoms with van der Waals surface area (Å²) >= 11 is 0. The molecule has 18 heteroatoms. The van der Waals surface area contributed by atoms with Crippen molar-refractivity contribution < 1.29 is 57.5 Å². The summed E-state index contributed by atoms with van der Waals surface area (Å²) in [6.45, 7) is 14.8. The van der Waals surface area contributed by atoms with E-state index in [9.17, 15) is 28.8 Å². The summed E-state index contributed by atoms with van der Waals surface area (Å²) in [5.41, 5.74) is 4.97. The Kier molecular flexibility index (Phi) is 12.5. The van der Waals surface area contributed by atoms with Crippen molar-refractivity contribution in [3.63, 3.8) is 0 Å². The van der Waals surface area contributed by atoms with Gasteiger partial charge in [0.25, 0.3) is 0 Å². The smallest absolute Gasteiger partial charge is 0.397 e. The zero-order valence-electron chi connectivity index (χ0n) is 21.0. The summed E-state index contributed by atoms with van der Waals surface area (Å²) in [6.07, 6.45) is 0. The first-order valence-corrected chi connectivity index (χ1v) is 10.7. The fourth-order valence-corrected chi connectivity index (χ4v) is 1.97. The first-order chi connectivity index (χ1) is 18.4. The third-order valence-corrected chi connectivity index (χ3v) is 3.59. The van der Waals surface area contributed by atoms with E-state index in [0.717, 1.165) is 0 Å². The molecule has 0 aromatic carbocycles. The van der Waals surface area contributed by atoms with Crippen LogP contribution >= 0.6 is 0 Å². The maximum absolute atomic E-state index is 12.4. The van der Waals surface area contributed by atoms with Gasteiger partial charge in [-0.3, -0.25) is 14.4 Å². The molecule has 0 aliphatic carbocycles. The Balaban J connectivity index is 3.15. The average Bonchev–Trinajstić information content (AvgIpc) is 2.92. The quantitative estimate of drug-likeness (QED) is 0.123. The van der Waals surface area contributed by atoms with Gasteiger partial charge >= 0.3 is 35.6 Å². The number of carbonyl (C=O) groups excluding carboxylic acids is 6. The van der Waals surface area contributed by atoms with Gasteiger partial charge in [0.1, 0.15) is 0 Å². The Bertz CT molecular complexity index is 1030. The molecule has 210 valence electrons. The lowest BCUT2D eigenvalue weighted by Crippen LogP contribution is -2.35. The van der Waals surface area contributed by atoms with Gasteiger partial charge < -0.3 is 28.7 Å². The highest BCUT2D eigenvalue weighted by Gasteiger charge is 2.25. The molecule has 1 rings (SSSR count). The van der Waals surface area contributed by atoms with Crippen LogP contribution in [0, 0.1) is 0 Å². The second-order valence-electron chi connectivity index (χ2n) is 6.34. The van der Waals surface area contributed by atoms with E-state index in [1.165, 1.54) is 0 Å². The van der Waals surface area contributed by atoms with Crippen molar-refractivity contribution in [1.82, 2.24) is 31.4 Å². The molecule has 1 heterocycles. The van der Waals surface area contributed by atoms with Crippen LogP contribution < -0.4 is 16.4 Å². The molecule has 39 heavy (non-hydrogen) atoms. The van der Waals surface area contributed by atoms with E-state index in [-0.39, 0.29) is 19.8 Å². The zero-order chi connectivity index (χ0) is 29.5. The maximum Gasteiger partial charge on any atom is 0.397 e. The van der Waals surface area contributed by atoms with Crippen LogP contribution in [0.15, 0.2) is 37.0 Å². The van der Waals surface area contributed by atoms with E-state index >= 15 is 0 Å². The Morgan fingerprint density at radius 3 is 0.974 bits per heavy atom. The van der Waals surface area contributed by atoms with Gasteiger partial charge in [-0.15, -0.1) is 0 Å². The minimum absolute atomic E-state index is 0.0806. The van der Waals surface area contributed by atoms with Gasteiger partial charge in [-0.2, -0.15) is 31.4 Å². The number of rotatable bonds is 12. The molecule has 1 aromatic heterocycles. The Morgan fingerprint density at radius 1 is 0.538 bits per heavy atom. The number of ether oxygens (including phenoxy) is 3. The monoisotopic (exact) mass is 552 g/mol. The standard InChI is InChI=1S/C21H24N6O12/c1-7-34-10(4)19(31)37-25-16(28)13-22-14(17(29)26-38-20(32)11(5)35-8-2)24-15(23-13)18(30)27-39-21(33)12(6)36-9-3/h4-9H2,1-3H3,(H,25,28)(H,26,29)(H,27,30). The molecular formula is C21H24N6O12.